The Bertz CT molecular complexity index is 360. The molecule has 0 unspecified atom stereocenters. The van der Waals surface area contributed by atoms with Gasteiger partial charge in [0.1, 0.15) is 0 Å². The molecule has 2 heterocycles. The Hall–Kier alpha value is -1.07. The van der Waals surface area contributed by atoms with Gasteiger partial charge < -0.3 is 10.2 Å². The van der Waals surface area contributed by atoms with Crippen molar-refractivity contribution in [3.8, 4) is 0 Å². The molecule has 1 aromatic heterocycles. The van der Waals surface area contributed by atoms with Gasteiger partial charge in [-0.2, -0.15) is 0 Å². The number of thioether (sulfide) groups is 1. The Labute approximate surface area is 99.4 Å². The smallest absolute Gasteiger partial charge is 0.255 e. The van der Waals surface area contributed by atoms with Gasteiger partial charge in [-0.25, -0.2) is 4.98 Å². The van der Waals surface area contributed by atoms with E-state index in [2.05, 4.69) is 10.3 Å². The molecule has 4 nitrogen and oxygen atoms in total. The Morgan fingerprint density at radius 1 is 1.44 bits per heavy atom. The van der Waals surface area contributed by atoms with Crippen LogP contribution in [0.3, 0.4) is 0 Å². The van der Waals surface area contributed by atoms with Crippen LogP contribution in [-0.4, -0.2) is 48.2 Å². The summed E-state index contributed by atoms with van der Waals surface area (Å²) in [5, 5.41) is 4.17. The molecule has 1 aliphatic rings. The first-order chi connectivity index (χ1) is 7.81. The average Bonchev–Trinajstić information content (AvgIpc) is 2.39. The highest BCUT2D eigenvalue weighted by Gasteiger charge is 2.17. The highest BCUT2D eigenvalue weighted by Crippen LogP contribution is 2.12. The lowest BCUT2D eigenvalue weighted by Gasteiger charge is -2.27. The van der Waals surface area contributed by atoms with Gasteiger partial charge in [0.25, 0.3) is 5.91 Å². The van der Waals surface area contributed by atoms with Crippen molar-refractivity contribution in [2.75, 3.05) is 32.4 Å². The van der Waals surface area contributed by atoms with Crippen molar-refractivity contribution in [1.82, 2.24) is 15.2 Å². The minimum absolute atomic E-state index is 0.0849. The van der Waals surface area contributed by atoms with E-state index in [1.807, 2.05) is 23.3 Å². The lowest BCUT2D eigenvalue weighted by Crippen LogP contribution is -2.46. The van der Waals surface area contributed by atoms with E-state index in [1.54, 1.807) is 18.0 Å². The zero-order valence-electron chi connectivity index (χ0n) is 9.27. The maximum absolute atomic E-state index is 12.1. The molecule has 0 radical (unpaired) electrons. The van der Waals surface area contributed by atoms with Crippen LogP contribution in [0.2, 0.25) is 0 Å². The summed E-state index contributed by atoms with van der Waals surface area (Å²) in [5.74, 6) is 0.0849. The molecular formula is C11H15N3OS. The average molecular weight is 237 g/mol. The maximum Gasteiger partial charge on any atom is 0.255 e. The van der Waals surface area contributed by atoms with Crippen LogP contribution in [0, 0.1) is 0 Å². The summed E-state index contributed by atoms with van der Waals surface area (Å²) in [6.45, 7) is 3.32. The number of aromatic nitrogens is 1. The Balaban J connectivity index is 2.07. The molecule has 0 bridgehead atoms. The summed E-state index contributed by atoms with van der Waals surface area (Å²) in [4.78, 5) is 18.1. The van der Waals surface area contributed by atoms with Gasteiger partial charge >= 0.3 is 0 Å². The molecule has 1 N–H and O–H groups in total. The van der Waals surface area contributed by atoms with Gasteiger partial charge in [-0.3, -0.25) is 4.79 Å². The number of piperazine rings is 1. The van der Waals surface area contributed by atoms with Gasteiger partial charge in [0, 0.05) is 32.4 Å². The first-order valence-corrected chi connectivity index (χ1v) is 6.54. The third-order valence-electron chi connectivity index (χ3n) is 2.60. The number of nitrogens with one attached hydrogen (secondary N) is 1. The van der Waals surface area contributed by atoms with Crippen LogP contribution < -0.4 is 5.32 Å². The fourth-order valence-corrected chi connectivity index (χ4v) is 2.04. The van der Waals surface area contributed by atoms with Crippen molar-refractivity contribution in [3.05, 3.63) is 23.9 Å². The number of pyridine rings is 1. The van der Waals surface area contributed by atoms with E-state index in [-0.39, 0.29) is 5.91 Å². The minimum Gasteiger partial charge on any atom is -0.336 e. The number of carbonyl (C=O) groups is 1. The highest BCUT2D eigenvalue weighted by molar-refractivity contribution is 7.98. The third-order valence-corrected chi connectivity index (χ3v) is 3.26. The van der Waals surface area contributed by atoms with Crippen LogP contribution >= 0.6 is 11.8 Å². The van der Waals surface area contributed by atoms with Crippen LogP contribution in [0.1, 0.15) is 10.4 Å². The maximum atomic E-state index is 12.1. The number of hydrogen-bond donors (Lipinski definition) is 1. The summed E-state index contributed by atoms with van der Waals surface area (Å²) >= 11 is 1.58. The molecule has 0 atom stereocenters. The van der Waals surface area contributed by atoms with E-state index >= 15 is 0 Å². The number of amides is 1. The highest BCUT2D eigenvalue weighted by atomic mass is 32.2. The summed E-state index contributed by atoms with van der Waals surface area (Å²) in [7, 11) is 0. The Morgan fingerprint density at radius 2 is 2.19 bits per heavy atom. The Kier molecular flexibility index (Phi) is 3.79. The van der Waals surface area contributed by atoms with Gasteiger partial charge in [-0.1, -0.05) is 0 Å². The van der Waals surface area contributed by atoms with E-state index < -0.39 is 0 Å². The van der Waals surface area contributed by atoms with E-state index in [9.17, 15) is 4.79 Å². The van der Waals surface area contributed by atoms with Crippen molar-refractivity contribution in [2.24, 2.45) is 0 Å². The second kappa shape index (κ2) is 5.32. The summed E-state index contributed by atoms with van der Waals surface area (Å²) in [5.41, 5.74) is 0.680. The third kappa shape index (κ3) is 2.54. The molecule has 1 aliphatic heterocycles. The van der Waals surface area contributed by atoms with E-state index in [0.717, 1.165) is 31.2 Å². The van der Waals surface area contributed by atoms with Crippen LogP contribution in [0.15, 0.2) is 23.4 Å². The predicted octanol–water partition coefficient (Wildman–Crippen LogP) is 0.849. The zero-order valence-corrected chi connectivity index (χ0v) is 10.1. The summed E-state index contributed by atoms with van der Waals surface area (Å²) in [6.07, 6.45) is 3.64. The molecule has 1 fully saturated rings. The number of hydrogen-bond acceptors (Lipinski definition) is 4. The zero-order chi connectivity index (χ0) is 11.4. The van der Waals surface area contributed by atoms with Crippen LogP contribution in [0.5, 0.6) is 0 Å². The largest absolute Gasteiger partial charge is 0.336 e. The van der Waals surface area contributed by atoms with E-state index in [4.69, 9.17) is 0 Å². The van der Waals surface area contributed by atoms with Crippen molar-refractivity contribution in [1.29, 1.82) is 0 Å². The molecule has 0 aliphatic carbocycles. The van der Waals surface area contributed by atoms with Crippen molar-refractivity contribution < 1.29 is 4.79 Å². The van der Waals surface area contributed by atoms with Gasteiger partial charge in [0.2, 0.25) is 0 Å². The van der Waals surface area contributed by atoms with Crippen LogP contribution in [-0.2, 0) is 0 Å². The molecule has 16 heavy (non-hydrogen) atoms. The molecule has 0 spiro atoms. The SMILES string of the molecule is CSc1ccc(C(=O)N2CCNCC2)cn1. The van der Waals surface area contributed by atoms with Crippen molar-refractivity contribution in [3.63, 3.8) is 0 Å². The molecule has 0 aromatic carbocycles. The van der Waals surface area contributed by atoms with Gasteiger partial charge in [0.05, 0.1) is 10.6 Å². The quantitative estimate of drug-likeness (QED) is 0.775. The number of carbonyl (C=O) groups excluding carboxylic acids is 1. The number of nitrogens with zero attached hydrogens (tertiary/aromatic N) is 2. The van der Waals surface area contributed by atoms with Crippen molar-refractivity contribution in [2.45, 2.75) is 5.03 Å². The molecule has 86 valence electrons. The topological polar surface area (TPSA) is 45.2 Å². The molecule has 1 saturated heterocycles. The normalized spacial score (nSPS) is 16.2. The monoisotopic (exact) mass is 237 g/mol. The second-order valence-electron chi connectivity index (χ2n) is 3.63. The van der Waals surface area contributed by atoms with E-state index in [0.29, 0.717) is 5.56 Å². The van der Waals surface area contributed by atoms with Crippen LogP contribution in [0.25, 0.3) is 0 Å². The fourth-order valence-electron chi connectivity index (χ4n) is 1.68. The summed E-state index contributed by atoms with van der Waals surface area (Å²) in [6, 6.07) is 3.74. The van der Waals surface area contributed by atoms with Gasteiger partial charge in [-0.15, -0.1) is 11.8 Å². The molecule has 1 amide bonds. The minimum atomic E-state index is 0.0849. The molecule has 1 aromatic rings. The molecule has 0 saturated carbocycles. The first-order valence-electron chi connectivity index (χ1n) is 5.31. The lowest BCUT2D eigenvalue weighted by atomic mass is 10.2. The summed E-state index contributed by atoms with van der Waals surface area (Å²) < 4.78 is 0. The van der Waals surface area contributed by atoms with Crippen LogP contribution in [0.4, 0.5) is 0 Å². The molecular weight excluding hydrogens is 222 g/mol. The molecule has 2 rings (SSSR count). The predicted molar refractivity (Wildman–Crippen MR) is 64.8 cm³/mol. The fraction of sp³-hybridized carbons (Fsp3) is 0.455. The lowest BCUT2D eigenvalue weighted by molar-refractivity contribution is 0.0735. The van der Waals surface area contributed by atoms with E-state index in [1.165, 1.54) is 0 Å². The second-order valence-corrected chi connectivity index (χ2v) is 4.46. The first kappa shape index (κ1) is 11.4. The number of rotatable bonds is 2. The van der Waals surface area contributed by atoms with Gasteiger partial charge in [-0.05, 0) is 18.4 Å². The standard InChI is InChI=1S/C11H15N3OS/c1-16-10-3-2-9(8-13-10)11(15)14-6-4-12-5-7-14/h2-3,8,12H,4-7H2,1H3. The van der Waals surface area contributed by atoms with Gasteiger partial charge in [0.15, 0.2) is 0 Å². The Morgan fingerprint density at radius 3 is 2.75 bits per heavy atom. The molecule has 5 heteroatoms. The van der Waals surface area contributed by atoms with Crippen molar-refractivity contribution >= 4 is 17.7 Å².